The third-order valence-corrected chi connectivity index (χ3v) is 2.63. The van der Waals surface area contributed by atoms with E-state index >= 15 is 0 Å². The summed E-state index contributed by atoms with van der Waals surface area (Å²) in [5.74, 6) is -0.309. The van der Waals surface area contributed by atoms with Gasteiger partial charge in [-0.3, -0.25) is 9.59 Å². The van der Waals surface area contributed by atoms with Crippen LogP contribution in [0.3, 0.4) is 0 Å². The summed E-state index contributed by atoms with van der Waals surface area (Å²) in [7, 11) is 0. The van der Waals surface area contributed by atoms with E-state index in [2.05, 4.69) is 13.8 Å². The van der Waals surface area contributed by atoms with Crippen molar-refractivity contribution in [3.63, 3.8) is 0 Å². The van der Waals surface area contributed by atoms with E-state index in [-0.39, 0.29) is 30.9 Å². The maximum atomic E-state index is 11.6. The van der Waals surface area contributed by atoms with Gasteiger partial charge in [-0.2, -0.15) is 0 Å². The molecule has 0 aliphatic carbocycles. The summed E-state index contributed by atoms with van der Waals surface area (Å²) in [6, 6.07) is 0. The number of esters is 2. The maximum Gasteiger partial charge on any atom is 0.306 e. The lowest BCUT2D eigenvalue weighted by atomic mass is 10.1. The Morgan fingerprint density at radius 3 is 1.95 bits per heavy atom. The molecule has 19 heavy (non-hydrogen) atoms. The molecule has 0 aromatic heterocycles. The molecule has 0 atom stereocenters. The molecule has 0 fully saturated rings. The van der Waals surface area contributed by atoms with Gasteiger partial charge in [0.25, 0.3) is 0 Å². The standard InChI is InChI=1S/C15H28O4/c1-5-7-13(8-6-2)19-15(17)10-9-14(16)18-11-12(3)4/h12-13H,5-11H2,1-4H3. The Labute approximate surface area is 116 Å². The first-order chi connectivity index (χ1) is 8.99. The zero-order chi connectivity index (χ0) is 14.7. The van der Waals surface area contributed by atoms with Crippen molar-refractivity contribution in [1.82, 2.24) is 0 Å². The van der Waals surface area contributed by atoms with Crippen molar-refractivity contribution in [2.45, 2.75) is 72.3 Å². The van der Waals surface area contributed by atoms with E-state index < -0.39 is 0 Å². The largest absolute Gasteiger partial charge is 0.465 e. The third kappa shape index (κ3) is 10.5. The van der Waals surface area contributed by atoms with Crippen LogP contribution in [0.4, 0.5) is 0 Å². The fraction of sp³-hybridized carbons (Fsp3) is 0.867. The molecule has 112 valence electrons. The van der Waals surface area contributed by atoms with Crippen molar-refractivity contribution in [3.8, 4) is 0 Å². The Morgan fingerprint density at radius 2 is 1.47 bits per heavy atom. The number of hydrogen-bond donors (Lipinski definition) is 0. The van der Waals surface area contributed by atoms with Gasteiger partial charge in [0.05, 0.1) is 19.4 Å². The molecule has 0 unspecified atom stereocenters. The predicted octanol–water partition coefficient (Wildman–Crippen LogP) is 3.48. The number of carbonyl (C=O) groups is 2. The Bertz CT molecular complexity index is 255. The van der Waals surface area contributed by atoms with Crippen molar-refractivity contribution in [2.24, 2.45) is 5.92 Å². The van der Waals surface area contributed by atoms with Gasteiger partial charge in [-0.1, -0.05) is 40.5 Å². The molecule has 0 aliphatic heterocycles. The van der Waals surface area contributed by atoms with Gasteiger partial charge < -0.3 is 9.47 Å². The molecule has 0 rings (SSSR count). The average Bonchev–Trinajstić information content (AvgIpc) is 2.34. The van der Waals surface area contributed by atoms with E-state index in [4.69, 9.17) is 9.47 Å². The molecule has 0 saturated carbocycles. The monoisotopic (exact) mass is 272 g/mol. The molecule has 0 spiro atoms. The highest BCUT2D eigenvalue weighted by Gasteiger charge is 2.14. The second-order valence-corrected chi connectivity index (χ2v) is 5.27. The first-order valence-corrected chi connectivity index (χ1v) is 7.34. The Hall–Kier alpha value is -1.06. The zero-order valence-corrected chi connectivity index (χ0v) is 12.7. The van der Waals surface area contributed by atoms with Crippen molar-refractivity contribution in [3.05, 3.63) is 0 Å². The van der Waals surface area contributed by atoms with Crippen LogP contribution in [0.25, 0.3) is 0 Å². The molecule has 0 saturated heterocycles. The summed E-state index contributed by atoms with van der Waals surface area (Å²) < 4.78 is 10.4. The Kier molecular flexibility index (Phi) is 10.2. The lowest BCUT2D eigenvalue weighted by molar-refractivity contribution is -0.154. The molecule has 0 aromatic carbocycles. The summed E-state index contributed by atoms with van der Waals surface area (Å²) in [5.41, 5.74) is 0. The second-order valence-electron chi connectivity index (χ2n) is 5.27. The quantitative estimate of drug-likeness (QED) is 0.571. The Morgan fingerprint density at radius 1 is 0.947 bits per heavy atom. The summed E-state index contributed by atoms with van der Waals surface area (Å²) in [6.07, 6.45) is 3.98. The summed E-state index contributed by atoms with van der Waals surface area (Å²) in [5, 5.41) is 0. The smallest absolute Gasteiger partial charge is 0.306 e. The SMILES string of the molecule is CCCC(CCC)OC(=O)CCC(=O)OCC(C)C. The summed E-state index contributed by atoms with van der Waals surface area (Å²) in [6.45, 7) is 8.49. The highest BCUT2D eigenvalue weighted by atomic mass is 16.5. The van der Waals surface area contributed by atoms with Crippen LogP contribution in [0.15, 0.2) is 0 Å². The van der Waals surface area contributed by atoms with Crippen LogP contribution in [0.2, 0.25) is 0 Å². The molecule has 0 aliphatic rings. The van der Waals surface area contributed by atoms with Gasteiger partial charge in [-0.05, 0) is 18.8 Å². The van der Waals surface area contributed by atoms with E-state index in [1.54, 1.807) is 0 Å². The van der Waals surface area contributed by atoms with Crippen LogP contribution >= 0.6 is 0 Å². The Balaban J connectivity index is 3.86. The number of carbonyl (C=O) groups excluding carboxylic acids is 2. The van der Waals surface area contributed by atoms with Gasteiger partial charge in [0.15, 0.2) is 0 Å². The van der Waals surface area contributed by atoms with E-state index in [9.17, 15) is 9.59 Å². The predicted molar refractivity (Wildman–Crippen MR) is 74.7 cm³/mol. The minimum atomic E-state index is -0.326. The van der Waals surface area contributed by atoms with Gasteiger partial charge >= 0.3 is 11.9 Å². The minimum Gasteiger partial charge on any atom is -0.465 e. The van der Waals surface area contributed by atoms with Crippen LogP contribution in [0.1, 0.15) is 66.2 Å². The van der Waals surface area contributed by atoms with Gasteiger partial charge in [0.2, 0.25) is 0 Å². The van der Waals surface area contributed by atoms with E-state index in [0.29, 0.717) is 12.5 Å². The normalized spacial score (nSPS) is 10.8. The molecule has 0 radical (unpaired) electrons. The fourth-order valence-electron chi connectivity index (χ4n) is 1.69. The molecule has 0 bridgehead atoms. The summed E-state index contributed by atoms with van der Waals surface area (Å²) >= 11 is 0. The molecule has 0 N–H and O–H groups in total. The van der Waals surface area contributed by atoms with E-state index in [1.807, 2.05) is 13.8 Å². The van der Waals surface area contributed by atoms with Gasteiger partial charge in [-0.25, -0.2) is 0 Å². The van der Waals surface area contributed by atoms with Gasteiger partial charge in [-0.15, -0.1) is 0 Å². The van der Waals surface area contributed by atoms with Crippen molar-refractivity contribution >= 4 is 11.9 Å². The minimum absolute atomic E-state index is 0.00538. The molecule has 4 heteroatoms. The lowest BCUT2D eigenvalue weighted by Crippen LogP contribution is -2.19. The van der Waals surface area contributed by atoms with Crippen LogP contribution in [-0.2, 0) is 19.1 Å². The molecule has 4 nitrogen and oxygen atoms in total. The van der Waals surface area contributed by atoms with E-state index in [1.165, 1.54) is 0 Å². The molecular weight excluding hydrogens is 244 g/mol. The van der Waals surface area contributed by atoms with Crippen molar-refractivity contribution in [1.29, 1.82) is 0 Å². The van der Waals surface area contributed by atoms with Gasteiger partial charge in [0, 0.05) is 0 Å². The van der Waals surface area contributed by atoms with Crippen LogP contribution in [-0.4, -0.2) is 24.6 Å². The molecular formula is C15H28O4. The van der Waals surface area contributed by atoms with Crippen LogP contribution in [0.5, 0.6) is 0 Å². The fourth-order valence-corrected chi connectivity index (χ4v) is 1.69. The van der Waals surface area contributed by atoms with Crippen molar-refractivity contribution in [2.75, 3.05) is 6.61 Å². The zero-order valence-electron chi connectivity index (χ0n) is 12.7. The number of rotatable bonds is 10. The molecule has 0 aromatic rings. The highest BCUT2D eigenvalue weighted by Crippen LogP contribution is 2.11. The van der Waals surface area contributed by atoms with Crippen LogP contribution < -0.4 is 0 Å². The first kappa shape index (κ1) is 17.9. The number of hydrogen-bond acceptors (Lipinski definition) is 4. The average molecular weight is 272 g/mol. The van der Waals surface area contributed by atoms with Crippen molar-refractivity contribution < 1.29 is 19.1 Å². The van der Waals surface area contributed by atoms with Gasteiger partial charge in [0.1, 0.15) is 6.10 Å². The molecule has 0 amide bonds. The topological polar surface area (TPSA) is 52.6 Å². The molecule has 0 heterocycles. The maximum absolute atomic E-state index is 11.6. The third-order valence-electron chi connectivity index (χ3n) is 2.63. The second kappa shape index (κ2) is 10.8. The highest BCUT2D eigenvalue weighted by molar-refractivity contribution is 5.77. The number of ether oxygens (including phenoxy) is 2. The summed E-state index contributed by atoms with van der Waals surface area (Å²) in [4.78, 5) is 23.0. The lowest BCUT2D eigenvalue weighted by Gasteiger charge is -2.16. The first-order valence-electron chi connectivity index (χ1n) is 7.34. The van der Waals surface area contributed by atoms with E-state index in [0.717, 1.165) is 25.7 Å². The van der Waals surface area contributed by atoms with Crippen LogP contribution in [0, 0.1) is 5.92 Å².